The van der Waals surface area contributed by atoms with Gasteiger partial charge in [0.25, 0.3) is 5.69 Å². The second kappa shape index (κ2) is 5.53. The average molecular weight is 242 g/mol. The molecular formula is C12H10N4O2. The molecule has 2 aromatic heterocycles. The van der Waals surface area contributed by atoms with Crippen molar-refractivity contribution in [3.05, 3.63) is 65.4 Å². The number of nitro groups is 1. The second-order valence-electron chi connectivity index (χ2n) is 3.41. The third-order valence-electron chi connectivity index (χ3n) is 2.23. The van der Waals surface area contributed by atoms with Crippen LogP contribution >= 0.6 is 0 Å². The van der Waals surface area contributed by atoms with Crippen molar-refractivity contribution in [2.75, 3.05) is 0 Å². The Morgan fingerprint density at radius 3 is 2.50 bits per heavy atom. The summed E-state index contributed by atoms with van der Waals surface area (Å²) in [4.78, 5) is 20.2. The lowest BCUT2D eigenvalue weighted by molar-refractivity contribution is -0.384. The van der Waals surface area contributed by atoms with Crippen molar-refractivity contribution in [2.45, 2.75) is 0 Å². The van der Waals surface area contributed by atoms with Crippen LogP contribution in [0.2, 0.25) is 0 Å². The molecule has 0 saturated carbocycles. The molecular weight excluding hydrogens is 232 g/mol. The van der Waals surface area contributed by atoms with Crippen LogP contribution in [0.15, 0.2) is 55.2 Å². The summed E-state index contributed by atoms with van der Waals surface area (Å²) in [5, 5.41) is 11.3. The molecule has 2 heterocycles. The minimum absolute atomic E-state index is 0.116. The van der Waals surface area contributed by atoms with Crippen LogP contribution in [0.25, 0.3) is 10.9 Å². The van der Waals surface area contributed by atoms with Crippen molar-refractivity contribution in [1.82, 2.24) is 15.0 Å². The van der Waals surface area contributed by atoms with Gasteiger partial charge < -0.3 is 4.98 Å². The molecule has 3 rings (SSSR count). The number of hydrogen-bond acceptors (Lipinski definition) is 4. The summed E-state index contributed by atoms with van der Waals surface area (Å²) in [6, 6.07) is 8.40. The van der Waals surface area contributed by atoms with Gasteiger partial charge in [-0.25, -0.2) is 9.97 Å². The van der Waals surface area contributed by atoms with E-state index in [1.807, 2.05) is 6.07 Å². The van der Waals surface area contributed by atoms with E-state index < -0.39 is 4.92 Å². The first-order chi connectivity index (χ1) is 8.77. The van der Waals surface area contributed by atoms with Crippen LogP contribution in [0.5, 0.6) is 0 Å². The number of aromatic amines is 1. The van der Waals surface area contributed by atoms with Gasteiger partial charge in [0.1, 0.15) is 6.33 Å². The molecule has 0 saturated heterocycles. The summed E-state index contributed by atoms with van der Waals surface area (Å²) < 4.78 is 0. The fourth-order valence-corrected chi connectivity index (χ4v) is 1.40. The summed E-state index contributed by atoms with van der Waals surface area (Å²) in [5.41, 5.74) is 0.911. The van der Waals surface area contributed by atoms with Crippen molar-refractivity contribution >= 4 is 16.6 Å². The number of nitrogens with zero attached hydrogens (tertiary/aromatic N) is 3. The maximum Gasteiger partial charge on any atom is 0.271 e. The van der Waals surface area contributed by atoms with Crippen LogP contribution in [0.3, 0.4) is 0 Å². The lowest BCUT2D eigenvalue weighted by atomic mass is 10.2. The first-order valence-electron chi connectivity index (χ1n) is 5.19. The maximum absolute atomic E-state index is 10.4. The average Bonchev–Trinajstić information content (AvgIpc) is 2.88. The van der Waals surface area contributed by atoms with Crippen molar-refractivity contribution < 1.29 is 4.92 Å². The van der Waals surface area contributed by atoms with Gasteiger partial charge in [-0.05, 0) is 23.6 Å². The number of benzene rings is 1. The summed E-state index contributed by atoms with van der Waals surface area (Å²) in [6.07, 6.45) is 6.63. The Bertz CT molecular complexity index is 610. The maximum atomic E-state index is 10.4. The van der Waals surface area contributed by atoms with Gasteiger partial charge in [-0.15, -0.1) is 0 Å². The highest BCUT2D eigenvalue weighted by molar-refractivity contribution is 5.81. The number of hydrogen-bond donors (Lipinski definition) is 1. The first-order valence-corrected chi connectivity index (χ1v) is 5.19. The predicted molar refractivity (Wildman–Crippen MR) is 67.0 cm³/mol. The molecule has 1 aromatic carbocycles. The van der Waals surface area contributed by atoms with Crippen LogP contribution in [0, 0.1) is 10.1 Å². The zero-order chi connectivity index (χ0) is 12.8. The fraction of sp³-hybridized carbons (Fsp3) is 0. The molecule has 6 heteroatoms. The molecule has 0 bridgehead atoms. The van der Waals surface area contributed by atoms with Crippen LogP contribution in [0.4, 0.5) is 5.69 Å². The van der Waals surface area contributed by atoms with E-state index in [1.165, 1.54) is 18.5 Å². The lowest BCUT2D eigenvalue weighted by Gasteiger charge is -1.90. The number of nitrogens with one attached hydrogen (secondary N) is 1. The molecule has 0 fully saturated rings. The van der Waals surface area contributed by atoms with Crippen molar-refractivity contribution in [2.24, 2.45) is 0 Å². The predicted octanol–water partition coefficient (Wildman–Crippen LogP) is 2.55. The third-order valence-corrected chi connectivity index (χ3v) is 2.23. The van der Waals surface area contributed by atoms with E-state index in [2.05, 4.69) is 15.0 Å². The van der Waals surface area contributed by atoms with Gasteiger partial charge in [-0.2, -0.15) is 0 Å². The van der Waals surface area contributed by atoms with Gasteiger partial charge >= 0.3 is 0 Å². The number of nitro benzene ring substituents is 1. The number of H-pyrrole nitrogens is 1. The molecule has 0 amide bonds. The highest BCUT2D eigenvalue weighted by atomic mass is 16.6. The smallest absolute Gasteiger partial charge is 0.271 e. The van der Waals surface area contributed by atoms with Crippen molar-refractivity contribution in [1.29, 1.82) is 0 Å². The Morgan fingerprint density at radius 1 is 1.17 bits per heavy atom. The molecule has 0 aliphatic heterocycles. The molecule has 0 unspecified atom stereocenters. The van der Waals surface area contributed by atoms with E-state index in [4.69, 9.17) is 0 Å². The van der Waals surface area contributed by atoms with Crippen LogP contribution < -0.4 is 0 Å². The Morgan fingerprint density at radius 2 is 1.94 bits per heavy atom. The zero-order valence-electron chi connectivity index (χ0n) is 9.35. The molecule has 90 valence electrons. The fourth-order valence-electron chi connectivity index (χ4n) is 1.40. The van der Waals surface area contributed by atoms with Crippen molar-refractivity contribution in [3.8, 4) is 0 Å². The summed E-state index contributed by atoms with van der Waals surface area (Å²) >= 11 is 0. The standard InChI is InChI=1S/C8H6N2O2.C4H4N2/c11-10(12)7-2-1-6-3-4-9-8(6)5-7;1-2-5-4-6-3-1/h1-5,9H;1-4H. The SMILES string of the molecule is O=[N+]([O-])c1ccc2cc[nH]c2c1.c1cncnc1. The minimum Gasteiger partial charge on any atom is -0.361 e. The monoisotopic (exact) mass is 242 g/mol. The highest BCUT2D eigenvalue weighted by Gasteiger charge is 2.05. The lowest BCUT2D eigenvalue weighted by Crippen LogP contribution is -1.86. The van der Waals surface area contributed by atoms with E-state index in [0.717, 1.165) is 10.9 Å². The van der Waals surface area contributed by atoms with Crippen LogP contribution in [-0.2, 0) is 0 Å². The molecule has 0 atom stereocenters. The second-order valence-corrected chi connectivity index (χ2v) is 3.41. The summed E-state index contributed by atoms with van der Waals surface area (Å²) in [5.74, 6) is 0. The molecule has 0 spiro atoms. The zero-order valence-corrected chi connectivity index (χ0v) is 9.35. The van der Waals surface area contributed by atoms with Gasteiger partial charge in [0.15, 0.2) is 0 Å². The van der Waals surface area contributed by atoms with E-state index in [-0.39, 0.29) is 5.69 Å². The normalized spacial score (nSPS) is 9.56. The topological polar surface area (TPSA) is 84.7 Å². The first kappa shape index (κ1) is 11.7. The number of aromatic nitrogens is 3. The highest BCUT2D eigenvalue weighted by Crippen LogP contribution is 2.18. The Labute approximate surface area is 102 Å². The Balaban J connectivity index is 0.000000169. The number of fused-ring (bicyclic) bond motifs is 1. The summed E-state index contributed by atoms with van der Waals surface area (Å²) in [7, 11) is 0. The van der Waals surface area contributed by atoms with Gasteiger partial charge in [-0.3, -0.25) is 10.1 Å². The van der Waals surface area contributed by atoms with Gasteiger partial charge in [0.2, 0.25) is 0 Å². The molecule has 0 aliphatic rings. The van der Waals surface area contributed by atoms with Crippen molar-refractivity contribution in [3.63, 3.8) is 0 Å². The van der Waals surface area contributed by atoms with Gasteiger partial charge in [0.05, 0.1) is 10.4 Å². The van der Waals surface area contributed by atoms with Crippen LogP contribution in [-0.4, -0.2) is 19.9 Å². The molecule has 18 heavy (non-hydrogen) atoms. The molecule has 0 aliphatic carbocycles. The third kappa shape index (κ3) is 2.88. The van der Waals surface area contributed by atoms with E-state index in [0.29, 0.717) is 0 Å². The number of rotatable bonds is 1. The molecule has 0 radical (unpaired) electrons. The molecule has 1 N–H and O–H groups in total. The Kier molecular flexibility index (Phi) is 3.60. The van der Waals surface area contributed by atoms with E-state index in [9.17, 15) is 10.1 Å². The molecule has 6 nitrogen and oxygen atoms in total. The minimum atomic E-state index is -0.402. The van der Waals surface area contributed by atoms with E-state index >= 15 is 0 Å². The summed E-state index contributed by atoms with van der Waals surface area (Å²) in [6.45, 7) is 0. The van der Waals surface area contributed by atoms with Gasteiger partial charge in [-0.1, -0.05) is 0 Å². The number of non-ortho nitro benzene ring substituents is 1. The largest absolute Gasteiger partial charge is 0.361 e. The van der Waals surface area contributed by atoms with E-state index in [1.54, 1.807) is 30.7 Å². The Hall–Kier alpha value is -2.76. The van der Waals surface area contributed by atoms with Crippen LogP contribution in [0.1, 0.15) is 0 Å². The molecule has 3 aromatic rings. The quantitative estimate of drug-likeness (QED) is 0.525. The van der Waals surface area contributed by atoms with Gasteiger partial charge in [0, 0.05) is 30.7 Å².